The lowest BCUT2D eigenvalue weighted by atomic mass is 10.0. The van der Waals surface area contributed by atoms with E-state index in [1.54, 1.807) is 19.3 Å². The minimum atomic E-state index is -0.176. The number of ketones is 1. The van der Waals surface area contributed by atoms with E-state index in [9.17, 15) is 9.90 Å². The second kappa shape index (κ2) is 7.78. The molecule has 6 heteroatoms. The van der Waals surface area contributed by atoms with Crippen molar-refractivity contribution in [3.05, 3.63) is 59.0 Å². The Labute approximate surface area is 181 Å². The fourth-order valence-electron chi connectivity index (χ4n) is 4.72. The Morgan fingerprint density at radius 2 is 2.00 bits per heavy atom. The first kappa shape index (κ1) is 19.7. The maximum atomic E-state index is 13.1. The van der Waals surface area contributed by atoms with Gasteiger partial charge in [0, 0.05) is 35.3 Å². The van der Waals surface area contributed by atoms with Gasteiger partial charge >= 0.3 is 0 Å². The molecule has 2 aliphatic rings. The van der Waals surface area contributed by atoms with Gasteiger partial charge in [-0.2, -0.15) is 0 Å². The molecule has 0 saturated carbocycles. The van der Waals surface area contributed by atoms with Gasteiger partial charge in [-0.05, 0) is 49.6 Å². The summed E-state index contributed by atoms with van der Waals surface area (Å²) in [7, 11) is 3.60. The minimum absolute atomic E-state index is 0.0548. The summed E-state index contributed by atoms with van der Waals surface area (Å²) in [5.74, 6) is 1.22. The molecular weight excluding hydrogens is 392 g/mol. The van der Waals surface area contributed by atoms with E-state index in [1.807, 2.05) is 36.0 Å². The first-order chi connectivity index (χ1) is 15.0. The molecule has 1 N–H and O–H groups in total. The standard InChI is InChI=1S/C25H26N2O4/c1-26-14-16(19-13-17(30-2)6-8-21(19)26)12-23-24(29)18-7-9-22(28)20(25(18)31-23)15-27-10-4-3-5-11-27/h6-9,12-14,28H,3-5,10-11,15H2,1-2H3/b23-12+. The summed E-state index contributed by atoms with van der Waals surface area (Å²) >= 11 is 0. The van der Waals surface area contributed by atoms with Gasteiger partial charge in [0.25, 0.3) is 0 Å². The van der Waals surface area contributed by atoms with Gasteiger partial charge in [-0.1, -0.05) is 11.8 Å². The number of piperidine rings is 1. The number of nitrogens with one attached hydrogen (secondary N) is 1. The SMILES string of the molecule is COc1ccc2c(c1)c(/C=C1/Oc3c(ccc([O-])c3C[NH+]3CCCCC3)C1=O)cn2C. The molecule has 1 saturated heterocycles. The number of allylic oxidation sites excluding steroid dienone is 1. The Morgan fingerprint density at radius 1 is 1.19 bits per heavy atom. The third-order valence-electron chi connectivity index (χ3n) is 6.40. The van der Waals surface area contributed by atoms with E-state index in [-0.39, 0.29) is 17.3 Å². The number of rotatable bonds is 4. The second-order valence-corrected chi connectivity index (χ2v) is 8.42. The largest absolute Gasteiger partial charge is 0.872 e. The lowest BCUT2D eigenvalue weighted by molar-refractivity contribution is -0.918. The van der Waals surface area contributed by atoms with Crippen LogP contribution in [0.5, 0.6) is 17.2 Å². The van der Waals surface area contributed by atoms with Crippen molar-refractivity contribution in [2.75, 3.05) is 20.2 Å². The number of nitrogens with zero attached hydrogens (tertiary/aromatic N) is 1. The molecule has 3 aromatic rings. The van der Waals surface area contributed by atoms with Gasteiger partial charge in [-0.3, -0.25) is 4.79 Å². The van der Waals surface area contributed by atoms with Crippen molar-refractivity contribution in [2.24, 2.45) is 7.05 Å². The van der Waals surface area contributed by atoms with E-state index in [0.29, 0.717) is 23.4 Å². The number of methoxy groups -OCH3 is 1. The number of hydrogen-bond donors (Lipinski definition) is 1. The zero-order valence-corrected chi connectivity index (χ0v) is 17.9. The predicted octanol–water partition coefficient (Wildman–Crippen LogP) is 2.45. The van der Waals surface area contributed by atoms with Gasteiger partial charge in [-0.15, -0.1) is 0 Å². The van der Waals surface area contributed by atoms with E-state index in [2.05, 4.69) is 0 Å². The van der Waals surface area contributed by atoms with Crippen LogP contribution >= 0.6 is 0 Å². The number of likely N-dealkylation sites (tertiary alicyclic amines) is 1. The molecule has 0 radical (unpaired) electrons. The molecular formula is C25H26N2O4. The molecule has 2 aliphatic heterocycles. The molecule has 0 aliphatic carbocycles. The summed E-state index contributed by atoms with van der Waals surface area (Å²) in [6, 6.07) is 8.96. The molecule has 31 heavy (non-hydrogen) atoms. The summed E-state index contributed by atoms with van der Waals surface area (Å²) < 4.78 is 13.4. The van der Waals surface area contributed by atoms with Crippen molar-refractivity contribution in [3.63, 3.8) is 0 Å². The number of hydrogen-bond acceptors (Lipinski definition) is 4. The topological polar surface area (TPSA) is 68.0 Å². The first-order valence-corrected chi connectivity index (χ1v) is 10.8. The molecule has 6 nitrogen and oxygen atoms in total. The number of carbonyl (C=O) groups is 1. The maximum absolute atomic E-state index is 13.1. The van der Waals surface area contributed by atoms with Crippen LogP contribution in [-0.4, -0.2) is 30.5 Å². The van der Waals surface area contributed by atoms with Crippen molar-refractivity contribution in [2.45, 2.75) is 25.8 Å². The Balaban J connectivity index is 1.52. The van der Waals surface area contributed by atoms with Gasteiger partial charge in [0.1, 0.15) is 18.0 Å². The zero-order valence-electron chi connectivity index (χ0n) is 17.9. The quantitative estimate of drug-likeness (QED) is 0.661. The van der Waals surface area contributed by atoms with Crippen LogP contribution in [-0.2, 0) is 13.6 Å². The van der Waals surface area contributed by atoms with Crippen LogP contribution in [0, 0.1) is 0 Å². The van der Waals surface area contributed by atoms with Gasteiger partial charge < -0.3 is 24.0 Å². The highest BCUT2D eigenvalue weighted by Crippen LogP contribution is 2.39. The third-order valence-corrected chi connectivity index (χ3v) is 6.40. The molecule has 160 valence electrons. The van der Waals surface area contributed by atoms with Gasteiger partial charge in [0.15, 0.2) is 5.76 Å². The average Bonchev–Trinajstić information content (AvgIpc) is 3.27. The number of Topliss-reactive ketones (excluding diaryl/α,β-unsaturated/α-hetero) is 1. The van der Waals surface area contributed by atoms with E-state index in [0.717, 1.165) is 35.3 Å². The molecule has 0 amide bonds. The zero-order chi connectivity index (χ0) is 21.5. The Kier molecular flexibility index (Phi) is 4.94. The van der Waals surface area contributed by atoms with E-state index >= 15 is 0 Å². The molecule has 0 bridgehead atoms. The highest BCUT2D eigenvalue weighted by molar-refractivity contribution is 6.15. The summed E-state index contributed by atoms with van der Waals surface area (Å²) in [4.78, 5) is 14.5. The summed E-state index contributed by atoms with van der Waals surface area (Å²) in [5, 5.41) is 13.6. The van der Waals surface area contributed by atoms with Crippen LogP contribution in [0.3, 0.4) is 0 Å². The smallest absolute Gasteiger partial charge is 0.231 e. The first-order valence-electron chi connectivity index (χ1n) is 10.8. The van der Waals surface area contributed by atoms with Crippen LogP contribution in [0.2, 0.25) is 0 Å². The number of carbonyl (C=O) groups excluding carboxylic acids is 1. The predicted molar refractivity (Wildman–Crippen MR) is 117 cm³/mol. The van der Waals surface area contributed by atoms with Crippen molar-refractivity contribution in [3.8, 4) is 17.2 Å². The van der Waals surface area contributed by atoms with Crippen molar-refractivity contribution >= 4 is 22.8 Å². The van der Waals surface area contributed by atoms with E-state index in [1.165, 1.54) is 30.2 Å². The fraction of sp³-hybridized carbons (Fsp3) is 0.320. The molecule has 1 aromatic heterocycles. The second-order valence-electron chi connectivity index (χ2n) is 8.42. The van der Waals surface area contributed by atoms with E-state index in [4.69, 9.17) is 9.47 Å². The van der Waals surface area contributed by atoms with Crippen molar-refractivity contribution < 1.29 is 24.3 Å². The Bertz CT molecular complexity index is 1200. The van der Waals surface area contributed by atoms with Crippen LogP contribution in [0.25, 0.3) is 17.0 Å². The van der Waals surface area contributed by atoms with Crippen LogP contribution in [0.4, 0.5) is 0 Å². The van der Waals surface area contributed by atoms with Crippen LogP contribution in [0.15, 0.2) is 42.3 Å². The number of aryl methyl sites for hydroxylation is 1. The van der Waals surface area contributed by atoms with Crippen molar-refractivity contribution in [1.82, 2.24) is 4.57 Å². The maximum Gasteiger partial charge on any atom is 0.231 e. The highest BCUT2D eigenvalue weighted by Gasteiger charge is 2.31. The minimum Gasteiger partial charge on any atom is -0.872 e. The molecule has 2 aromatic carbocycles. The number of aromatic nitrogens is 1. The molecule has 0 unspecified atom stereocenters. The van der Waals surface area contributed by atoms with E-state index < -0.39 is 0 Å². The molecule has 5 rings (SSSR count). The monoisotopic (exact) mass is 418 g/mol. The number of fused-ring (bicyclic) bond motifs is 2. The summed E-state index contributed by atoms with van der Waals surface area (Å²) in [6.07, 6.45) is 7.33. The van der Waals surface area contributed by atoms with Crippen molar-refractivity contribution in [1.29, 1.82) is 0 Å². The molecule has 3 heterocycles. The van der Waals surface area contributed by atoms with Gasteiger partial charge in [0.2, 0.25) is 5.78 Å². The summed E-state index contributed by atoms with van der Waals surface area (Å²) in [5.41, 5.74) is 3.01. The Hall–Kier alpha value is -3.25. The third kappa shape index (κ3) is 3.47. The fourth-order valence-corrected chi connectivity index (χ4v) is 4.72. The van der Waals surface area contributed by atoms with Gasteiger partial charge in [-0.25, -0.2) is 0 Å². The number of quaternary nitrogens is 1. The van der Waals surface area contributed by atoms with Crippen LogP contribution < -0.4 is 19.5 Å². The number of benzene rings is 2. The van der Waals surface area contributed by atoms with Crippen LogP contribution in [0.1, 0.15) is 40.7 Å². The van der Waals surface area contributed by atoms with Gasteiger partial charge in [0.05, 0.1) is 25.8 Å². The Morgan fingerprint density at radius 3 is 2.77 bits per heavy atom. The lowest BCUT2D eigenvalue weighted by Crippen LogP contribution is -3.11. The average molecular weight is 418 g/mol. The number of ether oxygens (including phenoxy) is 2. The highest BCUT2D eigenvalue weighted by atomic mass is 16.5. The normalized spacial score (nSPS) is 17.9. The lowest BCUT2D eigenvalue weighted by Gasteiger charge is -2.26. The molecule has 0 spiro atoms. The summed E-state index contributed by atoms with van der Waals surface area (Å²) in [6.45, 7) is 2.71. The molecule has 0 atom stereocenters. The molecule has 1 fully saturated rings.